The largest absolute Gasteiger partial charge is 0.351 e. The second-order valence-electron chi connectivity index (χ2n) is 6.86. The Hall–Kier alpha value is -2.84. The van der Waals surface area contributed by atoms with Crippen LogP contribution in [0.15, 0.2) is 34.9 Å². The molecule has 0 spiro atoms. The first-order chi connectivity index (χ1) is 13.6. The molecule has 28 heavy (non-hydrogen) atoms. The van der Waals surface area contributed by atoms with Gasteiger partial charge in [0.2, 0.25) is 0 Å². The molecule has 1 amide bonds. The first kappa shape index (κ1) is 18.5. The van der Waals surface area contributed by atoms with Crippen LogP contribution >= 0.6 is 0 Å². The number of benzene rings is 1. The second-order valence-corrected chi connectivity index (χ2v) is 6.86. The number of amides is 1. The molecule has 1 saturated heterocycles. The van der Waals surface area contributed by atoms with Gasteiger partial charge in [-0.2, -0.15) is 0 Å². The number of nitrogens with zero attached hydrogens (tertiary/aromatic N) is 3. The number of aromatic nitrogens is 2. The van der Waals surface area contributed by atoms with E-state index in [1.165, 1.54) is 12.1 Å². The summed E-state index contributed by atoms with van der Waals surface area (Å²) in [6.07, 6.45) is 0. The molecule has 2 N–H and O–H groups in total. The lowest BCUT2D eigenvalue weighted by molar-refractivity contribution is 0.0949. The molecule has 0 aliphatic carbocycles. The summed E-state index contributed by atoms with van der Waals surface area (Å²) in [4.78, 5) is 19.6. The average molecular weight is 383 g/mol. The highest BCUT2D eigenvalue weighted by atomic mass is 19.1. The van der Waals surface area contributed by atoms with E-state index < -0.39 is 0 Å². The number of piperazine rings is 1. The summed E-state index contributed by atoms with van der Waals surface area (Å²) in [6, 6.07) is 7.68. The maximum Gasteiger partial charge on any atom is 0.259 e. The van der Waals surface area contributed by atoms with Gasteiger partial charge in [-0.05, 0) is 37.3 Å². The zero-order valence-corrected chi connectivity index (χ0v) is 15.7. The van der Waals surface area contributed by atoms with Crippen molar-refractivity contribution in [1.29, 1.82) is 0 Å². The molecule has 4 rings (SSSR count). The second kappa shape index (κ2) is 8.04. The standard InChI is InChI=1S/C20H22FN5O2/c1-13-18-16(19(27)23-8-11-26-9-6-22-7-10-26)12-17(24-20(18)28-25-13)14-2-4-15(21)5-3-14/h2-5,12,22H,6-11H2,1H3,(H,23,27). The molecule has 0 bridgehead atoms. The lowest BCUT2D eigenvalue weighted by Gasteiger charge is -2.27. The van der Waals surface area contributed by atoms with Crippen LogP contribution in [-0.4, -0.2) is 60.2 Å². The zero-order chi connectivity index (χ0) is 19.5. The SMILES string of the molecule is Cc1noc2nc(-c3ccc(F)cc3)cc(C(=O)NCCN3CCNCC3)c12. The molecular formula is C20H22FN5O2. The van der Waals surface area contributed by atoms with Gasteiger partial charge >= 0.3 is 0 Å². The van der Waals surface area contributed by atoms with E-state index in [0.717, 1.165) is 32.7 Å². The predicted molar refractivity (Wildman–Crippen MR) is 104 cm³/mol. The summed E-state index contributed by atoms with van der Waals surface area (Å²) in [5.74, 6) is -0.525. The number of nitrogens with one attached hydrogen (secondary N) is 2. The normalized spacial score (nSPS) is 15.1. The topological polar surface area (TPSA) is 83.3 Å². The van der Waals surface area contributed by atoms with E-state index in [1.54, 1.807) is 25.1 Å². The van der Waals surface area contributed by atoms with Gasteiger partial charge in [-0.1, -0.05) is 5.16 Å². The Morgan fingerprint density at radius 1 is 1.29 bits per heavy atom. The minimum absolute atomic E-state index is 0.197. The molecular weight excluding hydrogens is 361 g/mol. The predicted octanol–water partition coefficient (Wildman–Crippen LogP) is 1.97. The van der Waals surface area contributed by atoms with E-state index in [2.05, 4.69) is 25.7 Å². The summed E-state index contributed by atoms with van der Waals surface area (Å²) in [7, 11) is 0. The molecule has 0 radical (unpaired) electrons. The Bertz CT molecular complexity index is 980. The minimum atomic E-state index is -0.328. The number of hydrogen-bond acceptors (Lipinski definition) is 6. The summed E-state index contributed by atoms with van der Waals surface area (Å²) in [5, 5.41) is 10.8. The Balaban J connectivity index is 1.58. The van der Waals surface area contributed by atoms with Gasteiger partial charge in [-0.15, -0.1) is 0 Å². The van der Waals surface area contributed by atoms with Crippen LogP contribution in [0, 0.1) is 12.7 Å². The molecule has 1 aromatic carbocycles. The number of hydrogen-bond donors (Lipinski definition) is 2. The van der Waals surface area contributed by atoms with Crippen LogP contribution in [0.5, 0.6) is 0 Å². The van der Waals surface area contributed by atoms with Gasteiger partial charge in [0.1, 0.15) is 5.82 Å². The summed E-state index contributed by atoms with van der Waals surface area (Å²) in [5.41, 5.74) is 2.61. The van der Waals surface area contributed by atoms with E-state index in [-0.39, 0.29) is 11.7 Å². The van der Waals surface area contributed by atoms with Gasteiger partial charge in [0.05, 0.1) is 22.3 Å². The molecule has 7 nitrogen and oxygen atoms in total. The van der Waals surface area contributed by atoms with Crippen molar-refractivity contribution in [2.45, 2.75) is 6.92 Å². The third kappa shape index (κ3) is 3.88. The van der Waals surface area contributed by atoms with Crippen LogP contribution in [0.2, 0.25) is 0 Å². The number of carbonyl (C=O) groups excluding carboxylic acids is 1. The highest BCUT2D eigenvalue weighted by Gasteiger charge is 2.19. The number of rotatable bonds is 5. The van der Waals surface area contributed by atoms with Crippen LogP contribution in [-0.2, 0) is 0 Å². The van der Waals surface area contributed by atoms with Crippen LogP contribution in [0.3, 0.4) is 0 Å². The molecule has 1 fully saturated rings. The Morgan fingerprint density at radius 3 is 2.79 bits per heavy atom. The lowest BCUT2D eigenvalue weighted by Crippen LogP contribution is -2.46. The molecule has 3 aromatic rings. The van der Waals surface area contributed by atoms with Crippen molar-refractivity contribution in [2.75, 3.05) is 39.3 Å². The van der Waals surface area contributed by atoms with Crippen molar-refractivity contribution in [1.82, 2.24) is 25.7 Å². The van der Waals surface area contributed by atoms with Gasteiger partial charge in [-0.3, -0.25) is 9.69 Å². The van der Waals surface area contributed by atoms with Gasteiger partial charge < -0.3 is 15.2 Å². The number of halogens is 1. The maximum absolute atomic E-state index is 13.2. The molecule has 0 atom stereocenters. The quantitative estimate of drug-likeness (QED) is 0.701. The molecule has 3 heterocycles. The zero-order valence-electron chi connectivity index (χ0n) is 15.7. The fourth-order valence-electron chi connectivity index (χ4n) is 3.40. The molecule has 1 aliphatic heterocycles. The Morgan fingerprint density at radius 2 is 2.04 bits per heavy atom. The fraction of sp³-hybridized carbons (Fsp3) is 0.350. The van der Waals surface area contributed by atoms with Crippen molar-refractivity contribution in [3.05, 3.63) is 47.4 Å². The fourth-order valence-corrected chi connectivity index (χ4v) is 3.40. The lowest BCUT2D eigenvalue weighted by atomic mass is 10.1. The van der Waals surface area contributed by atoms with Gasteiger partial charge in [0.25, 0.3) is 11.6 Å². The van der Waals surface area contributed by atoms with Crippen molar-refractivity contribution in [2.24, 2.45) is 0 Å². The van der Waals surface area contributed by atoms with Crippen LogP contribution < -0.4 is 10.6 Å². The van der Waals surface area contributed by atoms with E-state index in [9.17, 15) is 9.18 Å². The summed E-state index contributed by atoms with van der Waals surface area (Å²) in [6.45, 7) is 7.04. The molecule has 0 saturated carbocycles. The Labute approximate surface area is 161 Å². The summed E-state index contributed by atoms with van der Waals surface area (Å²) >= 11 is 0. The van der Waals surface area contributed by atoms with E-state index in [0.29, 0.717) is 40.2 Å². The number of carbonyl (C=O) groups is 1. The van der Waals surface area contributed by atoms with Crippen LogP contribution in [0.1, 0.15) is 16.1 Å². The number of aryl methyl sites for hydroxylation is 1. The first-order valence-electron chi connectivity index (χ1n) is 9.36. The molecule has 1 aliphatic rings. The highest BCUT2D eigenvalue weighted by molar-refractivity contribution is 6.07. The molecule has 0 unspecified atom stereocenters. The van der Waals surface area contributed by atoms with Crippen LogP contribution in [0.4, 0.5) is 4.39 Å². The van der Waals surface area contributed by atoms with Crippen molar-refractivity contribution < 1.29 is 13.7 Å². The third-order valence-electron chi connectivity index (χ3n) is 4.92. The monoisotopic (exact) mass is 383 g/mol. The highest BCUT2D eigenvalue weighted by Crippen LogP contribution is 2.27. The van der Waals surface area contributed by atoms with Gasteiger partial charge in [-0.25, -0.2) is 9.37 Å². The van der Waals surface area contributed by atoms with Crippen molar-refractivity contribution >= 4 is 17.0 Å². The Kier molecular flexibility index (Phi) is 5.31. The first-order valence-corrected chi connectivity index (χ1v) is 9.36. The summed E-state index contributed by atoms with van der Waals surface area (Å²) < 4.78 is 18.5. The smallest absolute Gasteiger partial charge is 0.259 e. The average Bonchev–Trinajstić information content (AvgIpc) is 3.09. The van der Waals surface area contributed by atoms with Crippen molar-refractivity contribution in [3.63, 3.8) is 0 Å². The van der Waals surface area contributed by atoms with E-state index >= 15 is 0 Å². The minimum Gasteiger partial charge on any atom is -0.351 e. The maximum atomic E-state index is 13.2. The number of pyridine rings is 1. The van der Waals surface area contributed by atoms with E-state index in [1.807, 2.05) is 0 Å². The third-order valence-corrected chi connectivity index (χ3v) is 4.92. The number of fused-ring (bicyclic) bond motifs is 1. The van der Waals surface area contributed by atoms with E-state index in [4.69, 9.17) is 4.52 Å². The molecule has 2 aromatic heterocycles. The van der Waals surface area contributed by atoms with Crippen LogP contribution in [0.25, 0.3) is 22.4 Å². The molecule has 146 valence electrons. The molecule has 8 heteroatoms. The van der Waals surface area contributed by atoms with Gasteiger partial charge in [0, 0.05) is 44.8 Å². The van der Waals surface area contributed by atoms with Gasteiger partial charge in [0.15, 0.2) is 0 Å². The van der Waals surface area contributed by atoms with Crippen molar-refractivity contribution in [3.8, 4) is 11.3 Å².